The molecule has 0 bridgehead atoms. The van der Waals surface area contributed by atoms with Crippen LogP contribution in [0.2, 0.25) is 0 Å². The molecule has 2 saturated heterocycles. The SMILES string of the molecule is O=C(O)[C@@H]1C[C@@H](O)CN1C(=O)NCCCN1CCNCC1. The number of nitrogens with one attached hydrogen (secondary N) is 2. The van der Waals surface area contributed by atoms with E-state index in [0.29, 0.717) is 6.54 Å². The average Bonchev–Trinajstić information content (AvgIpc) is 2.87. The number of amides is 2. The van der Waals surface area contributed by atoms with E-state index in [9.17, 15) is 14.7 Å². The maximum Gasteiger partial charge on any atom is 0.326 e. The fourth-order valence-electron chi connectivity index (χ4n) is 2.81. The van der Waals surface area contributed by atoms with Gasteiger partial charge in [0.1, 0.15) is 6.04 Å². The molecule has 2 fully saturated rings. The molecule has 0 spiro atoms. The van der Waals surface area contributed by atoms with E-state index >= 15 is 0 Å². The maximum absolute atomic E-state index is 12.0. The molecule has 0 aromatic rings. The Bertz CT molecular complexity index is 373. The van der Waals surface area contributed by atoms with E-state index in [1.54, 1.807) is 0 Å². The van der Waals surface area contributed by atoms with Crippen molar-refractivity contribution in [1.82, 2.24) is 20.4 Å². The van der Waals surface area contributed by atoms with Crippen LogP contribution >= 0.6 is 0 Å². The lowest BCUT2D eigenvalue weighted by molar-refractivity contribution is -0.141. The lowest BCUT2D eigenvalue weighted by atomic mass is 10.2. The summed E-state index contributed by atoms with van der Waals surface area (Å²) in [7, 11) is 0. The van der Waals surface area contributed by atoms with Gasteiger partial charge in [0.05, 0.1) is 6.10 Å². The second kappa shape index (κ2) is 7.58. The van der Waals surface area contributed by atoms with Crippen molar-refractivity contribution in [3.8, 4) is 0 Å². The number of carbonyl (C=O) groups excluding carboxylic acids is 1. The van der Waals surface area contributed by atoms with Crippen molar-refractivity contribution in [3.63, 3.8) is 0 Å². The standard InChI is InChI=1S/C13H24N4O4/c18-10-8-11(12(19)20)17(9-10)13(21)15-2-1-5-16-6-3-14-4-7-16/h10-11,14,18H,1-9H2,(H,15,21)(H,19,20)/t10-,11+/m1/s1. The summed E-state index contributed by atoms with van der Waals surface area (Å²) >= 11 is 0. The number of aliphatic carboxylic acids is 1. The number of rotatable bonds is 5. The smallest absolute Gasteiger partial charge is 0.326 e. The number of urea groups is 1. The molecule has 2 amide bonds. The predicted molar refractivity (Wildman–Crippen MR) is 76.1 cm³/mol. The molecule has 0 aromatic heterocycles. The normalized spacial score (nSPS) is 26.8. The minimum absolute atomic E-state index is 0.0839. The minimum atomic E-state index is -1.07. The van der Waals surface area contributed by atoms with Crippen LogP contribution in [-0.4, -0.2) is 90.0 Å². The zero-order chi connectivity index (χ0) is 15.2. The molecule has 2 rings (SSSR count). The van der Waals surface area contributed by atoms with Gasteiger partial charge in [-0.25, -0.2) is 9.59 Å². The van der Waals surface area contributed by atoms with Gasteiger partial charge < -0.3 is 30.6 Å². The number of hydrogen-bond donors (Lipinski definition) is 4. The maximum atomic E-state index is 12.0. The molecule has 21 heavy (non-hydrogen) atoms. The number of aliphatic hydroxyl groups excluding tert-OH is 1. The van der Waals surface area contributed by atoms with E-state index in [1.807, 2.05) is 0 Å². The Kier molecular flexibility index (Phi) is 5.77. The third-order valence-electron chi connectivity index (χ3n) is 3.96. The highest BCUT2D eigenvalue weighted by Gasteiger charge is 2.38. The van der Waals surface area contributed by atoms with Gasteiger partial charge in [-0.2, -0.15) is 0 Å². The van der Waals surface area contributed by atoms with Gasteiger partial charge in [0.25, 0.3) is 0 Å². The second-order valence-corrected chi connectivity index (χ2v) is 5.57. The Morgan fingerprint density at radius 2 is 2.00 bits per heavy atom. The summed E-state index contributed by atoms with van der Waals surface area (Å²) in [6, 6.07) is -1.33. The summed E-state index contributed by atoms with van der Waals surface area (Å²) in [6.45, 7) is 5.56. The van der Waals surface area contributed by atoms with Gasteiger partial charge >= 0.3 is 12.0 Å². The molecule has 2 aliphatic heterocycles. The molecular weight excluding hydrogens is 276 g/mol. The molecule has 0 aromatic carbocycles. The Morgan fingerprint density at radius 1 is 1.29 bits per heavy atom. The molecule has 0 saturated carbocycles. The van der Waals surface area contributed by atoms with Crippen LogP contribution in [0.5, 0.6) is 0 Å². The summed E-state index contributed by atoms with van der Waals surface area (Å²) < 4.78 is 0. The van der Waals surface area contributed by atoms with Gasteiger partial charge in [-0.05, 0) is 13.0 Å². The van der Waals surface area contributed by atoms with E-state index < -0.39 is 24.1 Å². The largest absolute Gasteiger partial charge is 0.480 e. The number of likely N-dealkylation sites (tertiary alicyclic amines) is 1. The number of β-amino-alcohol motifs (C(OH)–C–C–N with tert-alkyl or cyclic N) is 1. The number of carboxylic acids is 1. The van der Waals surface area contributed by atoms with Crippen LogP contribution in [0.1, 0.15) is 12.8 Å². The third-order valence-corrected chi connectivity index (χ3v) is 3.96. The Balaban J connectivity index is 1.67. The molecule has 0 radical (unpaired) electrons. The summed E-state index contributed by atoms with van der Waals surface area (Å²) in [4.78, 5) is 26.6. The van der Waals surface area contributed by atoms with Gasteiger partial charge in [-0.15, -0.1) is 0 Å². The Hall–Kier alpha value is -1.38. The first kappa shape index (κ1) is 16.0. The molecule has 8 nitrogen and oxygen atoms in total. The van der Waals surface area contributed by atoms with E-state index in [1.165, 1.54) is 4.90 Å². The molecule has 0 aliphatic carbocycles. The van der Waals surface area contributed by atoms with Gasteiger partial charge in [-0.1, -0.05) is 0 Å². The van der Waals surface area contributed by atoms with Gasteiger partial charge in [-0.3, -0.25) is 0 Å². The van der Waals surface area contributed by atoms with Gasteiger partial charge in [0.15, 0.2) is 0 Å². The van der Waals surface area contributed by atoms with E-state index in [0.717, 1.165) is 39.1 Å². The Morgan fingerprint density at radius 3 is 2.67 bits per heavy atom. The number of carbonyl (C=O) groups is 2. The first-order chi connectivity index (χ1) is 10.1. The van der Waals surface area contributed by atoms with Crippen LogP contribution in [0.15, 0.2) is 0 Å². The monoisotopic (exact) mass is 300 g/mol. The molecule has 2 atom stereocenters. The zero-order valence-electron chi connectivity index (χ0n) is 12.1. The number of aliphatic hydroxyl groups is 1. The summed E-state index contributed by atoms with van der Waals surface area (Å²) in [6.07, 6.45) is 0.182. The topological polar surface area (TPSA) is 105 Å². The number of hydrogen-bond acceptors (Lipinski definition) is 5. The van der Waals surface area contributed by atoms with Crippen LogP contribution in [0.3, 0.4) is 0 Å². The fraction of sp³-hybridized carbons (Fsp3) is 0.846. The van der Waals surface area contributed by atoms with Crippen molar-refractivity contribution in [1.29, 1.82) is 0 Å². The van der Waals surface area contributed by atoms with Crippen LogP contribution in [-0.2, 0) is 4.79 Å². The molecule has 2 aliphatic rings. The van der Waals surface area contributed by atoms with Gasteiger partial charge in [0, 0.05) is 45.7 Å². The molecule has 4 N–H and O–H groups in total. The minimum Gasteiger partial charge on any atom is -0.480 e. The molecule has 8 heteroatoms. The zero-order valence-corrected chi connectivity index (χ0v) is 12.1. The average molecular weight is 300 g/mol. The highest BCUT2D eigenvalue weighted by atomic mass is 16.4. The molecule has 2 heterocycles. The first-order valence-electron chi connectivity index (χ1n) is 7.46. The van der Waals surface area contributed by atoms with Gasteiger partial charge in [0.2, 0.25) is 0 Å². The molecular formula is C13H24N4O4. The number of nitrogens with zero attached hydrogens (tertiary/aromatic N) is 2. The highest BCUT2D eigenvalue weighted by molar-refractivity contribution is 5.83. The second-order valence-electron chi connectivity index (χ2n) is 5.57. The predicted octanol–water partition coefficient (Wildman–Crippen LogP) is -1.49. The quantitative estimate of drug-likeness (QED) is 0.461. The van der Waals surface area contributed by atoms with Crippen LogP contribution in [0, 0.1) is 0 Å². The third kappa shape index (κ3) is 4.55. The van der Waals surface area contributed by atoms with Crippen LogP contribution in [0.25, 0.3) is 0 Å². The molecule has 120 valence electrons. The van der Waals surface area contributed by atoms with Crippen molar-refractivity contribution in [3.05, 3.63) is 0 Å². The van der Waals surface area contributed by atoms with E-state index in [4.69, 9.17) is 5.11 Å². The summed E-state index contributed by atoms with van der Waals surface area (Å²) in [5.74, 6) is -1.07. The fourth-order valence-corrected chi connectivity index (χ4v) is 2.81. The van der Waals surface area contributed by atoms with Crippen LogP contribution < -0.4 is 10.6 Å². The van der Waals surface area contributed by atoms with Crippen molar-refractivity contribution in [2.24, 2.45) is 0 Å². The number of piperazine rings is 1. The first-order valence-corrected chi connectivity index (χ1v) is 7.46. The lowest BCUT2D eigenvalue weighted by Crippen LogP contribution is -2.47. The number of carboxylic acid groups (broad SMARTS) is 1. The Labute approximate surface area is 124 Å². The van der Waals surface area contributed by atoms with Crippen molar-refractivity contribution >= 4 is 12.0 Å². The summed E-state index contributed by atoms with van der Waals surface area (Å²) in [5.41, 5.74) is 0. The highest BCUT2D eigenvalue weighted by Crippen LogP contribution is 2.17. The lowest BCUT2D eigenvalue weighted by Gasteiger charge is -2.27. The van der Waals surface area contributed by atoms with Crippen molar-refractivity contribution < 1.29 is 19.8 Å². The molecule has 0 unspecified atom stereocenters. The van der Waals surface area contributed by atoms with Crippen molar-refractivity contribution in [2.45, 2.75) is 25.0 Å². The van der Waals surface area contributed by atoms with E-state index in [-0.39, 0.29) is 13.0 Å². The van der Waals surface area contributed by atoms with E-state index in [2.05, 4.69) is 15.5 Å². The van der Waals surface area contributed by atoms with Crippen molar-refractivity contribution in [2.75, 3.05) is 45.8 Å². The van der Waals surface area contributed by atoms with Crippen LogP contribution in [0.4, 0.5) is 4.79 Å². The summed E-state index contributed by atoms with van der Waals surface area (Å²) in [5, 5.41) is 24.6.